The van der Waals surface area contributed by atoms with Gasteiger partial charge in [-0.2, -0.15) is 0 Å². The molecule has 0 unspecified atom stereocenters. The van der Waals surface area contributed by atoms with E-state index >= 15 is 0 Å². The van der Waals surface area contributed by atoms with Crippen LogP contribution in [0.2, 0.25) is 0 Å². The third kappa shape index (κ3) is 23.2. The van der Waals surface area contributed by atoms with Crippen molar-refractivity contribution >= 4 is 65.1 Å². The van der Waals surface area contributed by atoms with E-state index in [1.807, 2.05) is 12.2 Å². The number of hydrogen-bond acceptors (Lipinski definition) is 15. The number of unbranched alkanes of at least 4 members (excludes halogenated alkanes) is 1. The van der Waals surface area contributed by atoms with Crippen LogP contribution in [0.25, 0.3) is 0 Å². The molecule has 10 atom stereocenters. The molecule has 0 aromatic carbocycles. The molecule has 26 heteroatoms. The predicted octanol–water partition coefficient (Wildman–Crippen LogP) is -4.47. The van der Waals surface area contributed by atoms with Crippen molar-refractivity contribution in [3.05, 3.63) is 0 Å². The van der Waals surface area contributed by atoms with Crippen molar-refractivity contribution in [1.29, 1.82) is 0 Å². The summed E-state index contributed by atoms with van der Waals surface area (Å²) in [6.45, 7) is 11.8. The summed E-state index contributed by atoms with van der Waals surface area (Å²) in [7, 11) is 0. The van der Waals surface area contributed by atoms with Crippen LogP contribution in [0, 0.1) is 23.7 Å². The van der Waals surface area contributed by atoms with Crippen molar-refractivity contribution in [3.63, 3.8) is 0 Å². The van der Waals surface area contributed by atoms with Crippen LogP contribution < -0.4 is 59.7 Å². The molecule has 394 valence electrons. The summed E-state index contributed by atoms with van der Waals surface area (Å²) in [5.74, 6) is -13.2. The van der Waals surface area contributed by atoms with Gasteiger partial charge in [0.25, 0.3) is 0 Å². The Balaban J connectivity index is 6.33. The standard InChI is InChI=1S/C43H77N11O15/c1-9-23(8)32(46)40(65)54-34(22(6)7)42(67)52-29(19-56)39(64)49-26(16-20(2)3)37(62)53-33(21(4)5)41(66)47-24(12-10-11-15-44)35(60)51-28(18-55)38(63)50-27(17-31(58)59)36(61)48-25(43(68)69)13-14-30(45)57/h20-29,32-34,55-56H,9-19,44,46H2,1-8H3,(H2,45,57)(H,47,66)(H,48,61)(H,49,64)(H,50,63)(H,51,60)(H,52,67)(H,53,62)(H,54,65)(H,58,59)(H,68,69)/t23-,24-,25-,26-,27-,28-,29-,32-,33-,34-/m0/s1. The highest BCUT2D eigenvalue weighted by Gasteiger charge is 2.36. The first-order chi connectivity index (χ1) is 32.1. The monoisotopic (exact) mass is 988 g/mol. The van der Waals surface area contributed by atoms with Crippen molar-refractivity contribution in [2.45, 2.75) is 161 Å². The number of hydrogen-bond donors (Lipinski definition) is 15. The molecule has 18 N–H and O–H groups in total. The van der Waals surface area contributed by atoms with Gasteiger partial charge in [-0.05, 0) is 62.3 Å². The molecule has 0 aliphatic heterocycles. The predicted molar refractivity (Wildman–Crippen MR) is 247 cm³/mol. The Bertz CT molecular complexity index is 1770. The summed E-state index contributed by atoms with van der Waals surface area (Å²) in [5, 5.41) is 58.1. The highest BCUT2D eigenvalue weighted by Crippen LogP contribution is 2.12. The van der Waals surface area contributed by atoms with Crippen LogP contribution >= 0.6 is 0 Å². The highest BCUT2D eigenvalue weighted by molar-refractivity contribution is 5.98. The van der Waals surface area contributed by atoms with Crippen LogP contribution in [0.1, 0.15) is 107 Å². The smallest absolute Gasteiger partial charge is 0.326 e. The molecule has 0 saturated carbocycles. The van der Waals surface area contributed by atoms with E-state index in [9.17, 15) is 73.2 Å². The first-order valence-electron chi connectivity index (χ1n) is 23.0. The molecule has 0 radical (unpaired) electrons. The molecule has 0 spiro atoms. The molecule has 0 aromatic heterocycles. The summed E-state index contributed by atoms with van der Waals surface area (Å²) in [6, 6.07) is -13.2. The van der Waals surface area contributed by atoms with E-state index in [0.29, 0.717) is 12.8 Å². The molecular weight excluding hydrogens is 911 g/mol. The maximum atomic E-state index is 13.9. The molecule has 0 aliphatic carbocycles. The number of carboxylic acid groups (broad SMARTS) is 2. The first kappa shape index (κ1) is 63.0. The molecule has 69 heavy (non-hydrogen) atoms. The van der Waals surface area contributed by atoms with E-state index in [2.05, 4.69) is 37.2 Å². The molecular formula is C43H77N11O15. The minimum absolute atomic E-state index is 0.0213. The minimum atomic E-state index is -1.93. The van der Waals surface area contributed by atoms with Gasteiger partial charge in [-0.3, -0.25) is 47.9 Å². The van der Waals surface area contributed by atoms with E-state index in [-0.39, 0.29) is 37.6 Å². The van der Waals surface area contributed by atoms with Gasteiger partial charge in [0, 0.05) is 6.42 Å². The van der Waals surface area contributed by atoms with Gasteiger partial charge in [-0.15, -0.1) is 0 Å². The van der Waals surface area contributed by atoms with Gasteiger partial charge in [0.1, 0.15) is 48.3 Å². The number of nitrogens with two attached hydrogens (primary N) is 3. The normalized spacial score (nSPS) is 15.6. The van der Waals surface area contributed by atoms with Crippen LogP contribution in [-0.4, -0.2) is 160 Å². The molecule has 0 aromatic rings. The third-order valence-electron chi connectivity index (χ3n) is 10.9. The quantitative estimate of drug-likeness (QED) is 0.0270. The van der Waals surface area contributed by atoms with E-state index in [4.69, 9.17) is 17.2 Å². The van der Waals surface area contributed by atoms with E-state index in [0.717, 1.165) is 0 Å². The second-order valence-electron chi connectivity index (χ2n) is 18.0. The number of rotatable bonds is 34. The number of nitrogens with one attached hydrogen (secondary N) is 8. The molecule has 0 fully saturated rings. The summed E-state index contributed by atoms with van der Waals surface area (Å²) in [6.07, 6.45) is -0.806. The average molecular weight is 988 g/mol. The zero-order chi connectivity index (χ0) is 53.3. The summed E-state index contributed by atoms with van der Waals surface area (Å²) < 4.78 is 0. The Kier molecular flexibility index (Phi) is 29.2. The maximum absolute atomic E-state index is 13.9. The Hall–Kier alpha value is -5.99. The van der Waals surface area contributed by atoms with Crippen molar-refractivity contribution in [3.8, 4) is 0 Å². The first-order valence-corrected chi connectivity index (χ1v) is 23.0. The van der Waals surface area contributed by atoms with E-state index in [1.54, 1.807) is 48.5 Å². The molecule has 9 amide bonds. The highest BCUT2D eigenvalue weighted by atomic mass is 16.4. The molecule has 0 saturated heterocycles. The lowest BCUT2D eigenvalue weighted by Crippen LogP contribution is -2.62. The van der Waals surface area contributed by atoms with Gasteiger partial charge < -0.3 is 80.2 Å². The number of carbonyl (C=O) groups is 11. The van der Waals surface area contributed by atoms with Crippen molar-refractivity contribution in [2.24, 2.45) is 40.9 Å². The Labute approximate surface area is 401 Å². The topological polar surface area (TPSA) is 443 Å². The number of aliphatic hydroxyl groups is 2. The van der Waals surface area contributed by atoms with Crippen molar-refractivity contribution in [1.82, 2.24) is 42.5 Å². The van der Waals surface area contributed by atoms with Gasteiger partial charge in [-0.25, -0.2) is 4.79 Å². The number of primary amides is 1. The Morgan fingerprint density at radius 2 is 0.913 bits per heavy atom. The number of carbonyl (C=O) groups excluding carboxylic acids is 9. The van der Waals surface area contributed by atoms with Crippen LogP contribution in [0.5, 0.6) is 0 Å². The number of carboxylic acids is 2. The lowest BCUT2D eigenvalue weighted by atomic mass is 9.97. The van der Waals surface area contributed by atoms with Crippen LogP contribution in [-0.2, 0) is 52.7 Å². The zero-order valence-electron chi connectivity index (χ0n) is 40.8. The van der Waals surface area contributed by atoms with Gasteiger partial charge in [0.05, 0.1) is 25.7 Å². The fourth-order valence-corrected chi connectivity index (χ4v) is 6.48. The van der Waals surface area contributed by atoms with Gasteiger partial charge in [0.15, 0.2) is 0 Å². The zero-order valence-corrected chi connectivity index (χ0v) is 40.8. The summed E-state index contributed by atoms with van der Waals surface area (Å²) in [4.78, 5) is 142. The largest absolute Gasteiger partial charge is 0.481 e. The SMILES string of the molecule is CC[C@H](C)[C@H](N)C(=O)N[C@H](C(=O)N[C@@H](CO)C(=O)N[C@@H](CC(C)C)C(=O)N[C@H](C(=O)N[C@@H](CCCCN)C(=O)N[C@@H](CO)C(=O)N[C@@H](CC(=O)O)C(=O)N[C@@H](CCC(N)=O)C(=O)O)C(C)C)C(C)C. The fraction of sp³-hybridized carbons (Fsp3) is 0.744. The maximum Gasteiger partial charge on any atom is 0.326 e. The van der Waals surface area contributed by atoms with Crippen LogP contribution in [0.4, 0.5) is 0 Å². The Morgan fingerprint density at radius 1 is 0.507 bits per heavy atom. The lowest BCUT2D eigenvalue weighted by molar-refractivity contribution is -0.144. The number of aliphatic hydroxyl groups excluding tert-OH is 2. The van der Waals surface area contributed by atoms with Crippen molar-refractivity contribution in [2.75, 3.05) is 19.8 Å². The lowest BCUT2D eigenvalue weighted by Gasteiger charge is -2.29. The van der Waals surface area contributed by atoms with Crippen molar-refractivity contribution < 1.29 is 73.2 Å². The van der Waals surface area contributed by atoms with Gasteiger partial charge in [0.2, 0.25) is 53.2 Å². The second-order valence-corrected chi connectivity index (χ2v) is 18.0. The van der Waals surface area contributed by atoms with Gasteiger partial charge >= 0.3 is 11.9 Å². The third-order valence-corrected chi connectivity index (χ3v) is 10.9. The molecule has 26 nitrogen and oxygen atoms in total. The molecule has 0 heterocycles. The van der Waals surface area contributed by atoms with Crippen LogP contribution in [0.3, 0.4) is 0 Å². The van der Waals surface area contributed by atoms with Gasteiger partial charge in [-0.1, -0.05) is 61.8 Å². The summed E-state index contributed by atoms with van der Waals surface area (Å²) >= 11 is 0. The molecule has 0 bridgehead atoms. The number of aliphatic carboxylic acids is 2. The minimum Gasteiger partial charge on any atom is -0.481 e. The second kappa shape index (κ2) is 31.9. The Morgan fingerprint density at radius 3 is 1.33 bits per heavy atom. The molecule has 0 aliphatic rings. The number of amides is 9. The van der Waals surface area contributed by atoms with Crippen LogP contribution in [0.15, 0.2) is 0 Å². The summed E-state index contributed by atoms with van der Waals surface area (Å²) in [5.41, 5.74) is 16.7. The van der Waals surface area contributed by atoms with E-state index in [1.165, 1.54) is 0 Å². The molecule has 0 rings (SSSR count). The average Bonchev–Trinajstić information content (AvgIpc) is 3.26. The van der Waals surface area contributed by atoms with E-state index < -0.39 is 164 Å². The fourth-order valence-electron chi connectivity index (χ4n) is 6.48.